The molecule has 0 atom stereocenters. The SMILES string of the molecule is CN(C)S(=O)(=O)c1ccc2c(c1)C(=Cc1ccc3[nH]ccc3c1)C(=O)N2. The molecule has 0 saturated heterocycles. The van der Waals surface area contributed by atoms with Crippen molar-refractivity contribution in [1.29, 1.82) is 0 Å². The number of anilines is 1. The summed E-state index contributed by atoms with van der Waals surface area (Å²) in [7, 11) is -0.609. The van der Waals surface area contributed by atoms with Gasteiger partial charge in [0.25, 0.3) is 5.91 Å². The minimum atomic E-state index is -3.57. The zero-order valence-corrected chi connectivity index (χ0v) is 15.1. The standard InChI is InChI=1S/C19H17N3O3S/c1-22(2)26(24,25)14-4-6-18-15(11-14)16(19(23)21-18)10-12-3-5-17-13(9-12)7-8-20-17/h3-11,20H,1-2H3,(H,21,23). The number of nitrogens with zero attached hydrogens (tertiary/aromatic N) is 1. The van der Waals surface area contributed by atoms with E-state index in [4.69, 9.17) is 0 Å². The van der Waals surface area contributed by atoms with Gasteiger partial charge in [0, 0.05) is 42.6 Å². The van der Waals surface area contributed by atoms with Gasteiger partial charge in [0.15, 0.2) is 0 Å². The summed E-state index contributed by atoms with van der Waals surface area (Å²) in [5.41, 5.74) is 3.54. The Labute approximate surface area is 151 Å². The van der Waals surface area contributed by atoms with Crippen molar-refractivity contribution < 1.29 is 13.2 Å². The first-order chi connectivity index (χ1) is 12.4. The Morgan fingerprint density at radius 1 is 1.04 bits per heavy atom. The largest absolute Gasteiger partial charge is 0.361 e. The number of sulfonamides is 1. The van der Waals surface area contributed by atoms with Crippen LogP contribution in [-0.2, 0) is 14.8 Å². The molecule has 0 unspecified atom stereocenters. The van der Waals surface area contributed by atoms with Gasteiger partial charge in [-0.1, -0.05) is 6.07 Å². The molecule has 6 nitrogen and oxygen atoms in total. The number of H-pyrrole nitrogens is 1. The van der Waals surface area contributed by atoms with Crippen LogP contribution in [0.1, 0.15) is 11.1 Å². The topological polar surface area (TPSA) is 82.3 Å². The van der Waals surface area contributed by atoms with Crippen molar-refractivity contribution in [1.82, 2.24) is 9.29 Å². The first-order valence-corrected chi connectivity index (χ1v) is 9.47. The number of aromatic nitrogens is 1. The second-order valence-corrected chi connectivity index (χ2v) is 8.48. The molecule has 0 fully saturated rings. The molecule has 1 aliphatic rings. The van der Waals surface area contributed by atoms with Crippen molar-refractivity contribution >= 4 is 44.2 Å². The molecule has 1 aromatic heterocycles. The summed E-state index contributed by atoms with van der Waals surface area (Å²) in [5, 5.41) is 3.83. The summed E-state index contributed by atoms with van der Waals surface area (Å²) in [4.78, 5) is 15.7. The Morgan fingerprint density at radius 2 is 1.85 bits per heavy atom. The van der Waals surface area contributed by atoms with Gasteiger partial charge in [-0.2, -0.15) is 0 Å². The molecule has 132 valence electrons. The van der Waals surface area contributed by atoms with Gasteiger partial charge in [-0.25, -0.2) is 12.7 Å². The van der Waals surface area contributed by atoms with Gasteiger partial charge in [0.2, 0.25) is 10.0 Å². The number of aromatic amines is 1. The number of rotatable bonds is 3. The van der Waals surface area contributed by atoms with E-state index in [1.54, 1.807) is 18.2 Å². The summed E-state index contributed by atoms with van der Waals surface area (Å²) < 4.78 is 25.9. The maximum atomic E-state index is 12.4. The number of carbonyl (C=O) groups excluding carboxylic acids is 1. The number of hydrogen-bond donors (Lipinski definition) is 2. The van der Waals surface area contributed by atoms with E-state index in [-0.39, 0.29) is 10.8 Å². The highest BCUT2D eigenvalue weighted by Gasteiger charge is 2.27. The molecule has 0 bridgehead atoms. The number of benzene rings is 2. The van der Waals surface area contributed by atoms with Crippen LogP contribution < -0.4 is 5.32 Å². The van der Waals surface area contributed by atoms with E-state index >= 15 is 0 Å². The molecule has 0 aliphatic carbocycles. The van der Waals surface area contributed by atoms with Crippen LogP contribution in [0.3, 0.4) is 0 Å². The van der Waals surface area contributed by atoms with Crippen LogP contribution in [0.2, 0.25) is 0 Å². The lowest BCUT2D eigenvalue weighted by Gasteiger charge is -2.12. The molecule has 2 heterocycles. The monoisotopic (exact) mass is 367 g/mol. The number of carbonyl (C=O) groups is 1. The second-order valence-electron chi connectivity index (χ2n) is 6.33. The Balaban J connectivity index is 1.83. The van der Waals surface area contributed by atoms with Crippen molar-refractivity contribution in [2.24, 2.45) is 0 Å². The first-order valence-electron chi connectivity index (χ1n) is 8.03. The van der Waals surface area contributed by atoms with Crippen LogP contribution in [0.4, 0.5) is 5.69 Å². The van der Waals surface area contributed by atoms with Crippen LogP contribution in [0.5, 0.6) is 0 Å². The van der Waals surface area contributed by atoms with Gasteiger partial charge < -0.3 is 10.3 Å². The predicted molar refractivity (Wildman–Crippen MR) is 102 cm³/mol. The Bertz CT molecular complexity index is 1170. The molecule has 1 amide bonds. The van der Waals surface area contributed by atoms with E-state index in [1.807, 2.05) is 30.5 Å². The van der Waals surface area contributed by atoms with E-state index in [2.05, 4.69) is 10.3 Å². The van der Waals surface area contributed by atoms with E-state index in [0.29, 0.717) is 16.8 Å². The van der Waals surface area contributed by atoms with Crippen LogP contribution in [0, 0.1) is 0 Å². The van der Waals surface area contributed by atoms with Gasteiger partial charge in [-0.15, -0.1) is 0 Å². The first kappa shape index (κ1) is 16.6. The maximum absolute atomic E-state index is 12.4. The zero-order valence-electron chi connectivity index (χ0n) is 14.3. The summed E-state index contributed by atoms with van der Waals surface area (Å²) in [5.74, 6) is -0.242. The Kier molecular flexibility index (Phi) is 3.71. The minimum Gasteiger partial charge on any atom is -0.361 e. The zero-order chi connectivity index (χ0) is 18.5. The van der Waals surface area contributed by atoms with Crippen molar-refractivity contribution in [2.45, 2.75) is 4.90 Å². The van der Waals surface area contributed by atoms with Crippen molar-refractivity contribution in [3.63, 3.8) is 0 Å². The third-order valence-electron chi connectivity index (χ3n) is 4.44. The summed E-state index contributed by atoms with van der Waals surface area (Å²) in [6, 6.07) is 12.5. The molecular formula is C19H17N3O3S. The van der Waals surface area contributed by atoms with E-state index in [0.717, 1.165) is 20.8 Å². The highest BCUT2D eigenvalue weighted by molar-refractivity contribution is 7.89. The molecule has 1 aliphatic heterocycles. The highest BCUT2D eigenvalue weighted by Crippen LogP contribution is 2.35. The van der Waals surface area contributed by atoms with Gasteiger partial charge >= 0.3 is 0 Å². The van der Waals surface area contributed by atoms with Crippen LogP contribution in [0.15, 0.2) is 53.6 Å². The molecule has 0 radical (unpaired) electrons. The molecule has 4 rings (SSSR count). The number of nitrogens with one attached hydrogen (secondary N) is 2. The van der Waals surface area contributed by atoms with Gasteiger partial charge in [-0.3, -0.25) is 4.79 Å². The summed E-state index contributed by atoms with van der Waals surface area (Å²) in [6.45, 7) is 0. The maximum Gasteiger partial charge on any atom is 0.256 e. The van der Waals surface area contributed by atoms with E-state index in [9.17, 15) is 13.2 Å². The van der Waals surface area contributed by atoms with Crippen molar-refractivity contribution in [2.75, 3.05) is 19.4 Å². The van der Waals surface area contributed by atoms with E-state index < -0.39 is 10.0 Å². The highest BCUT2D eigenvalue weighted by atomic mass is 32.2. The molecule has 2 N–H and O–H groups in total. The Morgan fingerprint density at radius 3 is 2.62 bits per heavy atom. The lowest BCUT2D eigenvalue weighted by atomic mass is 10.0. The number of amides is 1. The fourth-order valence-corrected chi connectivity index (χ4v) is 3.94. The predicted octanol–water partition coefficient (Wildman–Crippen LogP) is 2.91. The third kappa shape index (κ3) is 2.61. The molecule has 2 aromatic carbocycles. The molecule has 0 spiro atoms. The minimum absolute atomic E-state index is 0.157. The molecule has 0 saturated carbocycles. The van der Waals surface area contributed by atoms with Gasteiger partial charge in [0.1, 0.15) is 0 Å². The van der Waals surface area contributed by atoms with Crippen molar-refractivity contribution in [3.8, 4) is 0 Å². The normalized spacial score (nSPS) is 15.7. The average molecular weight is 367 g/mol. The smallest absolute Gasteiger partial charge is 0.256 e. The fourth-order valence-electron chi connectivity index (χ4n) is 3.01. The van der Waals surface area contributed by atoms with Crippen LogP contribution >= 0.6 is 0 Å². The fraction of sp³-hybridized carbons (Fsp3) is 0.105. The van der Waals surface area contributed by atoms with Crippen molar-refractivity contribution in [3.05, 3.63) is 59.8 Å². The molecule has 7 heteroatoms. The third-order valence-corrected chi connectivity index (χ3v) is 6.25. The van der Waals surface area contributed by atoms with Gasteiger partial charge in [0.05, 0.1) is 4.90 Å². The lowest BCUT2D eigenvalue weighted by Crippen LogP contribution is -2.22. The second kappa shape index (κ2) is 5.82. The van der Waals surface area contributed by atoms with Crippen LogP contribution in [0.25, 0.3) is 22.6 Å². The molecule has 3 aromatic rings. The van der Waals surface area contributed by atoms with Gasteiger partial charge in [-0.05, 0) is 53.4 Å². The average Bonchev–Trinajstić information content (AvgIpc) is 3.18. The summed E-state index contributed by atoms with van der Waals surface area (Å²) in [6.07, 6.45) is 3.64. The lowest BCUT2D eigenvalue weighted by molar-refractivity contribution is -0.110. The number of fused-ring (bicyclic) bond motifs is 2. The number of hydrogen-bond acceptors (Lipinski definition) is 3. The Hall–Kier alpha value is -2.90. The molecular weight excluding hydrogens is 350 g/mol. The quantitative estimate of drug-likeness (QED) is 0.698. The summed E-state index contributed by atoms with van der Waals surface area (Å²) >= 11 is 0. The van der Waals surface area contributed by atoms with E-state index in [1.165, 1.54) is 20.2 Å². The van der Waals surface area contributed by atoms with Crippen LogP contribution in [-0.4, -0.2) is 37.7 Å². The molecule has 26 heavy (non-hydrogen) atoms.